The molecular formula is C18H20INO2. The molecule has 4 heteroatoms. The number of hydrogen-bond donors (Lipinski definition) is 2. The number of aromatic hydroxyl groups is 2. The van der Waals surface area contributed by atoms with Crippen LogP contribution >= 0.6 is 22.6 Å². The predicted molar refractivity (Wildman–Crippen MR) is 99.6 cm³/mol. The van der Waals surface area contributed by atoms with Crippen molar-refractivity contribution in [1.29, 1.82) is 0 Å². The molecule has 0 aliphatic carbocycles. The predicted octanol–water partition coefficient (Wildman–Crippen LogP) is 5.27. The lowest BCUT2D eigenvalue weighted by atomic mass is 9.98. The minimum Gasteiger partial charge on any atom is -0.507 e. The van der Waals surface area contributed by atoms with Crippen LogP contribution in [0.15, 0.2) is 35.3 Å². The quantitative estimate of drug-likeness (QED) is 0.534. The maximum absolute atomic E-state index is 10.1. The van der Waals surface area contributed by atoms with Gasteiger partial charge in [-0.05, 0) is 77.2 Å². The van der Waals surface area contributed by atoms with Crippen molar-refractivity contribution >= 4 is 34.5 Å². The molecule has 2 aromatic rings. The molecule has 2 N–H and O–H groups in total. The molecule has 0 aliphatic rings. The number of benzene rings is 2. The van der Waals surface area contributed by atoms with Crippen LogP contribution in [0.1, 0.15) is 42.9 Å². The third-order valence-electron chi connectivity index (χ3n) is 3.82. The summed E-state index contributed by atoms with van der Waals surface area (Å²) in [6, 6.07) is 9.28. The van der Waals surface area contributed by atoms with E-state index in [9.17, 15) is 10.2 Å². The largest absolute Gasteiger partial charge is 0.507 e. The Balaban J connectivity index is 2.38. The highest BCUT2D eigenvalue weighted by molar-refractivity contribution is 14.1. The second kappa shape index (κ2) is 7.13. The molecule has 0 unspecified atom stereocenters. The average Bonchev–Trinajstić information content (AvgIpc) is 2.50. The van der Waals surface area contributed by atoms with Crippen molar-refractivity contribution in [3.8, 4) is 11.5 Å². The van der Waals surface area contributed by atoms with Crippen molar-refractivity contribution in [1.82, 2.24) is 0 Å². The van der Waals surface area contributed by atoms with E-state index < -0.39 is 0 Å². The van der Waals surface area contributed by atoms with Gasteiger partial charge in [-0.2, -0.15) is 0 Å². The zero-order valence-corrected chi connectivity index (χ0v) is 15.1. The highest BCUT2D eigenvalue weighted by atomic mass is 127. The number of phenols is 2. The van der Waals surface area contributed by atoms with Gasteiger partial charge in [0.05, 0.1) is 0 Å². The van der Waals surface area contributed by atoms with Crippen LogP contribution in [0.25, 0.3) is 0 Å². The number of rotatable bonds is 4. The standard InChI is InChI=1S/C18H20INO2/c1-4-11(2)13-5-6-17(21)16(9-13)20-10-14-8-15(19)7-12(3)18(14)22/h5-11,21-22H,4H2,1-3H3/t11-/m1/s1. The van der Waals surface area contributed by atoms with Gasteiger partial charge in [0.25, 0.3) is 0 Å². The van der Waals surface area contributed by atoms with E-state index in [4.69, 9.17) is 0 Å². The van der Waals surface area contributed by atoms with Crippen LogP contribution in [0.5, 0.6) is 11.5 Å². The minimum atomic E-state index is 0.144. The maximum Gasteiger partial charge on any atom is 0.141 e. The minimum absolute atomic E-state index is 0.144. The van der Waals surface area contributed by atoms with Crippen LogP contribution in [-0.2, 0) is 0 Å². The van der Waals surface area contributed by atoms with Crippen LogP contribution in [0.3, 0.4) is 0 Å². The Morgan fingerprint density at radius 1 is 1.23 bits per heavy atom. The number of aliphatic imine (C=N–C) groups is 1. The van der Waals surface area contributed by atoms with Gasteiger partial charge in [-0.3, -0.25) is 4.99 Å². The molecule has 3 nitrogen and oxygen atoms in total. The average molecular weight is 409 g/mol. The van der Waals surface area contributed by atoms with Crippen molar-refractivity contribution in [2.75, 3.05) is 0 Å². The summed E-state index contributed by atoms with van der Waals surface area (Å²) in [6.07, 6.45) is 2.63. The van der Waals surface area contributed by atoms with E-state index >= 15 is 0 Å². The summed E-state index contributed by atoms with van der Waals surface area (Å²) in [5.74, 6) is 0.787. The van der Waals surface area contributed by atoms with Gasteiger partial charge >= 0.3 is 0 Å². The molecule has 0 amide bonds. The lowest BCUT2D eigenvalue weighted by molar-refractivity contribution is 0.470. The van der Waals surface area contributed by atoms with E-state index in [2.05, 4.69) is 41.4 Å². The number of phenolic OH excluding ortho intramolecular Hbond substituents is 2. The summed E-state index contributed by atoms with van der Waals surface area (Å²) in [6.45, 7) is 6.14. The Morgan fingerprint density at radius 3 is 2.64 bits per heavy atom. The summed E-state index contributed by atoms with van der Waals surface area (Å²) in [5.41, 5.74) is 3.13. The Kier molecular flexibility index (Phi) is 5.45. The van der Waals surface area contributed by atoms with Crippen LogP contribution in [0.4, 0.5) is 5.69 Å². The van der Waals surface area contributed by atoms with Crippen molar-refractivity contribution < 1.29 is 10.2 Å². The van der Waals surface area contributed by atoms with E-state index in [0.29, 0.717) is 17.2 Å². The number of aryl methyl sites for hydroxylation is 1. The molecule has 0 spiro atoms. The third-order valence-corrected chi connectivity index (χ3v) is 4.44. The van der Waals surface area contributed by atoms with Crippen LogP contribution < -0.4 is 0 Å². The molecule has 2 aromatic carbocycles. The van der Waals surface area contributed by atoms with Gasteiger partial charge in [0.1, 0.15) is 17.2 Å². The summed E-state index contributed by atoms with van der Waals surface area (Å²) >= 11 is 2.21. The highest BCUT2D eigenvalue weighted by Crippen LogP contribution is 2.32. The fraction of sp³-hybridized carbons (Fsp3) is 0.278. The van der Waals surface area contributed by atoms with Gasteiger partial charge in [0.2, 0.25) is 0 Å². The molecule has 0 fully saturated rings. The molecule has 0 heterocycles. The van der Waals surface area contributed by atoms with Crippen LogP contribution in [0, 0.1) is 10.5 Å². The molecule has 2 rings (SSSR count). The van der Waals surface area contributed by atoms with E-state index in [-0.39, 0.29) is 11.5 Å². The zero-order valence-electron chi connectivity index (χ0n) is 13.0. The molecule has 0 bridgehead atoms. The summed E-state index contributed by atoms with van der Waals surface area (Å²) < 4.78 is 1.03. The van der Waals surface area contributed by atoms with Gasteiger partial charge in [0.15, 0.2) is 0 Å². The second-order valence-electron chi connectivity index (χ2n) is 5.48. The summed E-state index contributed by atoms with van der Waals surface area (Å²) in [7, 11) is 0. The summed E-state index contributed by atoms with van der Waals surface area (Å²) in [5, 5.41) is 20.1. The van der Waals surface area contributed by atoms with E-state index in [1.54, 1.807) is 12.3 Å². The fourth-order valence-electron chi connectivity index (χ4n) is 2.19. The first-order valence-corrected chi connectivity index (χ1v) is 8.36. The Bertz CT molecular complexity index is 710. The molecule has 0 radical (unpaired) electrons. The van der Waals surface area contributed by atoms with Gasteiger partial charge in [0, 0.05) is 15.3 Å². The van der Waals surface area contributed by atoms with Crippen LogP contribution in [-0.4, -0.2) is 16.4 Å². The fourth-order valence-corrected chi connectivity index (χ4v) is 2.99. The first kappa shape index (κ1) is 16.8. The second-order valence-corrected chi connectivity index (χ2v) is 6.72. The Hall–Kier alpha value is -1.56. The first-order valence-electron chi connectivity index (χ1n) is 7.28. The van der Waals surface area contributed by atoms with Gasteiger partial charge in [-0.25, -0.2) is 0 Å². The van der Waals surface area contributed by atoms with Crippen molar-refractivity contribution in [3.05, 3.63) is 50.6 Å². The lowest BCUT2D eigenvalue weighted by Crippen LogP contribution is -1.91. The van der Waals surface area contributed by atoms with Gasteiger partial charge in [-0.1, -0.05) is 19.9 Å². The molecule has 0 saturated heterocycles. The first-order chi connectivity index (χ1) is 10.4. The highest BCUT2D eigenvalue weighted by Gasteiger charge is 2.08. The molecular weight excluding hydrogens is 389 g/mol. The number of halogens is 1. The Morgan fingerprint density at radius 2 is 1.95 bits per heavy atom. The van der Waals surface area contributed by atoms with Gasteiger partial charge in [-0.15, -0.1) is 0 Å². The van der Waals surface area contributed by atoms with Crippen LogP contribution in [0.2, 0.25) is 0 Å². The molecule has 1 atom stereocenters. The van der Waals surface area contributed by atoms with Crippen molar-refractivity contribution in [2.45, 2.75) is 33.1 Å². The molecule has 0 saturated carbocycles. The summed E-state index contributed by atoms with van der Waals surface area (Å²) in [4.78, 5) is 4.36. The lowest BCUT2D eigenvalue weighted by Gasteiger charge is -2.10. The Labute approximate surface area is 144 Å². The normalized spacial score (nSPS) is 12.7. The smallest absolute Gasteiger partial charge is 0.141 e. The van der Waals surface area contributed by atoms with Gasteiger partial charge < -0.3 is 10.2 Å². The molecule has 0 aromatic heterocycles. The molecule has 0 aliphatic heterocycles. The number of nitrogens with zero attached hydrogens (tertiary/aromatic N) is 1. The van der Waals surface area contributed by atoms with Crippen molar-refractivity contribution in [2.24, 2.45) is 4.99 Å². The SMILES string of the molecule is CC[C@@H](C)c1ccc(O)c(N=Cc2cc(I)cc(C)c2O)c1. The van der Waals surface area contributed by atoms with Crippen molar-refractivity contribution in [3.63, 3.8) is 0 Å². The van der Waals surface area contributed by atoms with E-state index in [1.807, 2.05) is 31.2 Å². The molecule has 116 valence electrons. The zero-order chi connectivity index (χ0) is 16.3. The monoisotopic (exact) mass is 409 g/mol. The molecule has 22 heavy (non-hydrogen) atoms. The number of hydrogen-bond acceptors (Lipinski definition) is 3. The topological polar surface area (TPSA) is 52.8 Å². The van der Waals surface area contributed by atoms with E-state index in [1.165, 1.54) is 0 Å². The maximum atomic E-state index is 10.1. The third kappa shape index (κ3) is 3.80. The van der Waals surface area contributed by atoms with E-state index in [0.717, 1.165) is 21.1 Å².